The van der Waals surface area contributed by atoms with Gasteiger partial charge in [-0.15, -0.1) is 0 Å². The van der Waals surface area contributed by atoms with Crippen LogP contribution in [-0.2, 0) is 14.6 Å². The van der Waals surface area contributed by atoms with E-state index in [0.717, 1.165) is 11.3 Å². The van der Waals surface area contributed by atoms with Gasteiger partial charge in [-0.25, -0.2) is 8.42 Å². The molecule has 1 amide bonds. The number of hydrogen-bond donors (Lipinski definition) is 0. The van der Waals surface area contributed by atoms with Gasteiger partial charge in [0.25, 0.3) is 0 Å². The minimum atomic E-state index is -3.02. The molecule has 3 rings (SSSR count). The number of sulfone groups is 1. The maximum atomic E-state index is 13.3. The van der Waals surface area contributed by atoms with E-state index in [1.165, 1.54) is 0 Å². The fourth-order valence-electron chi connectivity index (χ4n) is 3.47. The Labute approximate surface area is 183 Å². The van der Waals surface area contributed by atoms with Crippen LogP contribution >= 0.6 is 11.6 Å². The summed E-state index contributed by atoms with van der Waals surface area (Å²) in [6, 6.07) is 16.2. The third-order valence-electron chi connectivity index (χ3n) is 5.19. The smallest absolute Gasteiger partial charge is 0.244 e. The summed E-state index contributed by atoms with van der Waals surface area (Å²) in [5.74, 6) is 0.877. The minimum absolute atomic E-state index is 0.0352. The Morgan fingerprint density at radius 2 is 1.73 bits per heavy atom. The molecule has 0 saturated carbocycles. The topological polar surface area (TPSA) is 66.9 Å². The van der Waals surface area contributed by atoms with Crippen LogP contribution in [0.5, 0.6) is 5.75 Å². The molecule has 6 nitrogen and oxygen atoms in total. The maximum absolute atomic E-state index is 13.3. The summed E-state index contributed by atoms with van der Waals surface area (Å²) in [6.45, 7) is 1.75. The van der Waals surface area contributed by atoms with Crippen LogP contribution in [0.2, 0.25) is 5.02 Å². The van der Waals surface area contributed by atoms with Crippen LogP contribution in [-0.4, -0.2) is 68.9 Å². The third kappa shape index (κ3) is 6.20. The number of carbonyl (C=O) groups is 1. The highest BCUT2D eigenvalue weighted by molar-refractivity contribution is 7.91. The first kappa shape index (κ1) is 22.6. The fourth-order valence-corrected chi connectivity index (χ4v) is 4.83. The van der Waals surface area contributed by atoms with E-state index in [2.05, 4.69) is 0 Å². The first-order valence-electron chi connectivity index (χ1n) is 9.98. The van der Waals surface area contributed by atoms with Crippen molar-refractivity contribution in [1.29, 1.82) is 0 Å². The third-order valence-corrected chi connectivity index (χ3v) is 7.05. The number of rotatable bonds is 8. The van der Waals surface area contributed by atoms with E-state index in [9.17, 15) is 13.2 Å². The number of ether oxygens (including phenoxy) is 1. The van der Waals surface area contributed by atoms with Crippen molar-refractivity contribution in [2.24, 2.45) is 0 Å². The molecule has 30 heavy (non-hydrogen) atoms. The highest BCUT2D eigenvalue weighted by Gasteiger charge is 2.33. The SMILES string of the molecule is CN(CCCOc1ccc(Cl)cc1)C(=O)C(c1ccccc1)N1CCS(=O)(=O)CC1. The van der Waals surface area contributed by atoms with Crippen LogP contribution < -0.4 is 4.74 Å². The number of benzene rings is 2. The molecule has 1 fully saturated rings. The molecular formula is C22H27ClN2O4S. The molecule has 0 aromatic heterocycles. The van der Waals surface area contributed by atoms with Gasteiger partial charge >= 0.3 is 0 Å². The highest BCUT2D eigenvalue weighted by atomic mass is 35.5. The number of amides is 1. The van der Waals surface area contributed by atoms with Gasteiger partial charge in [-0.05, 0) is 36.2 Å². The summed E-state index contributed by atoms with van der Waals surface area (Å²) < 4.78 is 29.4. The predicted octanol–water partition coefficient (Wildman–Crippen LogP) is 3.04. The summed E-state index contributed by atoms with van der Waals surface area (Å²) in [5.41, 5.74) is 0.881. The van der Waals surface area contributed by atoms with Gasteiger partial charge in [-0.1, -0.05) is 41.9 Å². The van der Waals surface area contributed by atoms with Crippen LogP contribution in [0.3, 0.4) is 0 Å². The predicted molar refractivity (Wildman–Crippen MR) is 119 cm³/mol. The zero-order valence-electron chi connectivity index (χ0n) is 17.0. The summed E-state index contributed by atoms with van der Waals surface area (Å²) in [5, 5.41) is 0.658. The van der Waals surface area contributed by atoms with Gasteiger partial charge in [0.1, 0.15) is 11.8 Å². The molecule has 1 saturated heterocycles. The molecule has 0 N–H and O–H groups in total. The van der Waals surface area contributed by atoms with Gasteiger partial charge in [0, 0.05) is 31.7 Å². The Morgan fingerprint density at radius 1 is 1.10 bits per heavy atom. The Balaban J connectivity index is 1.60. The maximum Gasteiger partial charge on any atom is 0.244 e. The van der Waals surface area contributed by atoms with Crippen molar-refractivity contribution >= 4 is 27.3 Å². The second-order valence-corrected chi connectivity index (χ2v) is 10.2. The molecule has 1 aliphatic heterocycles. The number of nitrogens with zero attached hydrogens (tertiary/aromatic N) is 2. The number of hydrogen-bond acceptors (Lipinski definition) is 5. The molecule has 8 heteroatoms. The Bertz CT molecular complexity index is 921. The Morgan fingerprint density at radius 3 is 2.37 bits per heavy atom. The molecule has 2 aromatic carbocycles. The largest absolute Gasteiger partial charge is 0.494 e. The van der Waals surface area contributed by atoms with Gasteiger partial charge in [0.05, 0.1) is 18.1 Å². The monoisotopic (exact) mass is 450 g/mol. The van der Waals surface area contributed by atoms with Crippen LogP contribution in [0.25, 0.3) is 0 Å². The van der Waals surface area contributed by atoms with Crippen molar-refractivity contribution in [2.45, 2.75) is 12.5 Å². The van der Waals surface area contributed by atoms with E-state index in [0.29, 0.717) is 37.7 Å². The molecule has 2 aromatic rings. The summed E-state index contributed by atoms with van der Waals surface area (Å²) >= 11 is 5.87. The minimum Gasteiger partial charge on any atom is -0.494 e. The zero-order chi connectivity index (χ0) is 21.6. The van der Waals surface area contributed by atoms with Gasteiger partial charge < -0.3 is 9.64 Å². The lowest BCUT2D eigenvalue weighted by Gasteiger charge is -2.35. The van der Waals surface area contributed by atoms with Crippen LogP contribution in [0.1, 0.15) is 18.0 Å². The zero-order valence-corrected chi connectivity index (χ0v) is 18.6. The Kier molecular flexibility index (Phi) is 7.75. The molecule has 162 valence electrons. The van der Waals surface area contributed by atoms with Crippen molar-refractivity contribution in [3.05, 3.63) is 65.2 Å². The van der Waals surface area contributed by atoms with E-state index in [4.69, 9.17) is 16.3 Å². The van der Waals surface area contributed by atoms with E-state index in [-0.39, 0.29) is 17.4 Å². The fraction of sp³-hybridized carbons (Fsp3) is 0.409. The molecule has 0 radical (unpaired) electrons. The van der Waals surface area contributed by atoms with Crippen LogP contribution in [0.15, 0.2) is 54.6 Å². The van der Waals surface area contributed by atoms with E-state index >= 15 is 0 Å². The highest BCUT2D eigenvalue weighted by Crippen LogP contribution is 2.25. The Hall–Kier alpha value is -2.09. The van der Waals surface area contributed by atoms with Crippen molar-refractivity contribution in [1.82, 2.24) is 9.80 Å². The van der Waals surface area contributed by atoms with Gasteiger partial charge in [0.15, 0.2) is 9.84 Å². The van der Waals surface area contributed by atoms with Gasteiger partial charge in [-0.2, -0.15) is 0 Å². The van der Waals surface area contributed by atoms with E-state index in [1.807, 2.05) is 47.4 Å². The quantitative estimate of drug-likeness (QED) is 0.578. The first-order valence-corrected chi connectivity index (χ1v) is 12.2. The van der Waals surface area contributed by atoms with Gasteiger partial charge in [-0.3, -0.25) is 9.69 Å². The standard InChI is InChI=1S/C22H27ClN2O4S/c1-24(12-5-15-29-20-10-8-19(23)9-11-20)22(26)21(18-6-3-2-4-7-18)25-13-16-30(27,28)17-14-25/h2-4,6-11,21H,5,12-17H2,1H3. The van der Waals surface area contributed by atoms with E-state index < -0.39 is 15.9 Å². The number of likely N-dealkylation sites (N-methyl/N-ethyl adjacent to an activating group) is 1. The second-order valence-electron chi connectivity index (χ2n) is 7.42. The van der Waals surface area contributed by atoms with E-state index in [1.54, 1.807) is 24.1 Å². The van der Waals surface area contributed by atoms with Crippen molar-refractivity contribution in [3.63, 3.8) is 0 Å². The average molecular weight is 451 g/mol. The lowest BCUT2D eigenvalue weighted by Crippen LogP contribution is -2.48. The van der Waals surface area contributed by atoms with Crippen LogP contribution in [0.4, 0.5) is 0 Å². The molecule has 1 unspecified atom stereocenters. The number of carbonyl (C=O) groups excluding carboxylic acids is 1. The summed E-state index contributed by atoms with van der Waals surface area (Å²) in [6.07, 6.45) is 0.681. The molecular weight excluding hydrogens is 424 g/mol. The van der Waals surface area contributed by atoms with Crippen molar-refractivity contribution in [2.75, 3.05) is 44.8 Å². The van der Waals surface area contributed by atoms with Crippen molar-refractivity contribution in [3.8, 4) is 5.75 Å². The first-order chi connectivity index (χ1) is 14.4. The molecule has 0 aliphatic carbocycles. The summed E-state index contributed by atoms with van der Waals surface area (Å²) in [7, 11) is -1.24. The normalized spacial score (nSPS) is 17.3. The molecule has 0 bridgehead atoms. The van der Waals surface area contributed by atoms with Gasteiger partial charge in [0.2, 0.25) is 5.91 Å². The molecule has 1 atom stereocenters. The molecule has 1 aliphatic rings. The molecule has 0 spiro atoms. The summed E-state index contributed by atoms with van der Waals surface area (Å²) in [4.78, 5) is 17.0. The lowest BCUT2D eigenvalue weighted by molar-refractivity contribution is -0.136. The number of halogens is 1. The lowest BCUT2D eigenvalue weighted by atomic mass is 10.0. The van der Waals surface area contributed by atoms with Crippen LogP contribution in [0, 0.1) is 0 Å². The molecule has 1 heterocycles. The average Bonchev–Trinajstić information content (AvgIpc) is 2.74. The second kappa shape index (κ2) is 10.3. The van der Waals surface area contributed by atoms with Crippen molar-refractivity contribution < 1.29 is 17.9 Å².